The summed E-state index contributed by atoms with van der Waals surface area (Å²) in [6.45, 7) is 0.204. The van der Waals surface area contributed by atoms with Crippen molar-refractivity contribution in [1.29, 1.82) is 0 Å². The van der Waals surface area contributed by atoms with Crippen LogP contribution in [0.4, 0.5) is 0 Å². The molecule has 0 saturated heterocycles. The van der Waals surface area contributed by atoms with Gasteiger partial charge in [0.25, 0.3) is 5.91 Å². The van der Waals surface area contributed by atoms with Crippen LogP contribution in [0, 0.1) is 0 Å². The van der Waals surface area contributed by atoms with Crippen LogP contribution < -0.4 is 15.2 Å². The number of thiazole rings is 1. The topological polar surface area (TPSA) is 116 Å². The molecule has 0 spiro atoms. The fraction of sp³-hybridized carbons (Fsp3) is 0.143. The zero-order chi connectivity index (χ0) is 17.3. The molecule has 0 radical (unpaired) electrons. The molecule has 3 rings (SSSR count). The minimum Gasteiger partial charge on any atom is -0.496 e. The molecule has 0 unspecified atom stereocenters. The number of rotatable bonds is 5. The number of primary sulfonamides is 1. The zero-order valence-electron chi connectivity index (χ0n) is 12.6. The summed E-state index contributed by atoms with van der Waals surface area (Å²) < 4.78 is 29.9. The summed E-state index contributed by atoms with van der Waals surface area (Å²) in [6, 6.07) is 3.87. The number of aromatic nitrogens is 2. The maximum atomic E-state index is 12.4. The molecule has 0 fully saturated rings. The molecule has 1 aromatic carbocycles. The van der Waals surface area contributed by atoms with Gasteiger partial charge in [-0.3, -0.25) is 9.20 Å². The Labute approximate surface area is 141 Å². The summed E-state index contributed by atoms with van der Waals surface area (Å²) in [5.74, 6) is -0.223. The third kappa shape index (κ3) is 3.25. The van der Waals surface area contributed by atoms with E-state index in [2.05, 4.69) is 10.3 Å². The van der Waals surface area contributed by atoms with Crippen molar-refractivity contribution in [1.82, 2.24) is 14.7 Å². The first-order valence-corrected chi connectivity index (χ1v) is 9.21. The molecule has 126 valence electrons. The average molecular weight is 366 g/mol. The quantitative estimate of drug-likeness (QED) is 0.698. The SMILES string of the molecule is COc1ccc(S(N)(=O)=O)cc1C(=O)NCc1cn2ccsc2n1. The number of amides is 1. The number of nitrogens with zero attached hydrogens (tertiary/aromatic N) is 2. The number of ether oxygens (including phenoxy) is 1. The first kappa shape index (κ1) is 16.4. The maximum absolute atomic E-state index is 12.4. The van der Waals surface area contributed by atoms with Crippen LogP contribution in [0.2, 0.25) is 0 Å². The van der Waals surface area contributed by atoms with Gasteiger partial charge in [0.2, 0.25) is 10.0 Å². The molecule has 2 aromatic heterocycles. The first-order valence-electron chi connectivity index (χ1n) is 6.78. The van der Waals surface area contributed by atoms with E-state index in [-0.39, 0.29) is 22.8 Å². The number of imidazole rings is 1. The van der Waals surface area contributed by atoms with Crippen LogP contribution >= 0.6 is 11.3 Å². The smallest absolute Gasteiger partial charge is 0.255 e. The maximum Gasteiger partial charge on any atom is 0.255 e. The Morgan fingerprint density at radius 1 is 1.46 bits per heavy atom. The molecule has 0 atom stereocenters. The van der Waals surface area contributed by atoms with Gasteiger partial charge in [0.15, 0.2) is 4.96 Å². The molecular weight excluding hydrogens is 352 g/mol. The number of nitrogens with two attached hydrogens (primary N) is 1. The molecule has 2 heterocycles. The summed E-state index contributed by atoms with van der Waals surface area (Å²) in [5, 5.41) is 9.71. The molecule has 10 heteroatoms. The molecule has 1 amide bonds. The number of fused-ring (bicyclic) bond motifs is 1. The normalized spacial score (nSPS) is 11.6. The minimum atomic E-state index is -3.91. The highest BCUT2D eigenvalue weighted by Crippen LogP contribution is 2.22. The van der Waals surface area contributed by atoms with Crippen LogP contribution in [-0.2, 0) is 16.6 Å². The molecule has 0 bridgehead atoms. The van der Waals surface area contributed by atoms with Gasteiger partial charge >= 0.3 is 0 Å². The zero-order valence-corrected chi connectivity index (χ0v) is 14.2. The lowest BCUT2D eigenvalue weighted by molar-refractivity contribution is 0.0947. The van der Waals surface area contributed by atoms with Gasteiger partial charge in [-0.05, 0) is 18.2 Å². The van der Waals surface area contributed by atoms with Crippen molar-refractivity contribution in [3.63, 3.8) is 0 Å². The van der Waals surface area contributed by atoms with Crippen LogP contribution in [0.1, 0.15) is 16.1 Å². The summed E-state index contributed by atoms with van der Waals surface area (Å²) >= 11 is 1.49. The Morgan fingerprint density at radius 3 is 2.92 bits per heavy atom. The molecular formula is C14H14N4O4S2. The Kier molecular flexibility index (Phi) is 4.26. The summed E-state index contributed by atoms with van der Waals surface area (Å²) in [4.78, 5) is 17.4. The lowest BCUT2D eigenvalue weighted by Gasteiger charge is -2.10. The van der Waals surface area contributed by atoms with Gasteiger partial charge in [0, 0.05) is 17.8 Å². The standard InChI is InChI=1S/C14H14N4O4S2/c1-22-12-3-2-10(24(15,20)21)6-11(12)13(19)16-7-9-8-18-4-5-23-14(18)17-9/h2-6,8H,7H2,1H3,(H,16,19)(H2,15,20,21). The molecule has 3 N–H and O–H groups in total. The van der Waals surface area contributed by atoms with Gasteiger partial charge in [0.05, 0.1) is 29.8 Å². The highest BCUT2D eigenvalue weighted by Gasteiger charge is 2.17. The molecule has 0 saturated carbocycles. The van der Waals surface area contributed by atoms with E-state index in [1.807, 2.05) is 22.2 Å². The van der Waals surface area contributed by atoms with Crippen molar-refractivity contribution < 1.29 is 17.9 Å². The van der Waals surface area contributed by atoms with Crippen molar-refractivity contribution in [3.8, 4) is 5.75 Å². The number of hydrogen-bond acceptors (Lipinski definition) is 6. The van der Waals surface area contributed by atoms with E-state index in [9.17, 15) is 13.2 Å². The van der Waals surface area contributed by atoms with Gasteiger partial charge in [-0.1, -0.05) is 0 Å². The number of nitrogens with one attached hydrogen (secondary N) is 1. The number of sulfonamides is 1. The van der Waals surface area contributed by atoms with E-state index in [1.165, 1.54) is 36.6 Å². The largest absolute Gasteiger partial charge is 0.496 e. The predicted octanol–water partition coefficient (Wildman–Crippen LogP) is 0.982. The van der Waals surface area contributed by atoms with Crippen LogP contribution in [0.5, 0.6) is 5.75 Å². The minimum absolute atomic E-state index is 0.0880. The molecule has 0 aliphatic heterocycles. The van der Waals surface area contributed by atoms with Gasteiger partial charge in [-0.2, -0.15) is 0 Å². The van der Waals surface area contributed by atoms with Crippen molar-refractivity contribution in [2.45, 2.75) is 11.4 Å². The number of carbonyl (C=O) groups is 1. The first-order chi connectivity index (χ1) is 11.4. The molecule has 0 aliphatic rings. The van der Waals surface area contributed by atoms with E-state index >= 15 is 0 Å². The molecule has 24 heavy (non-hydrogen) atoms. The number of hydrogen-bond donors (Lipinski definition) is 2. The summed E-state index contributed by atoms with van der Waals surface area (Å²) in [6.07, 6.45) is 3.68. The van der Waals surface area contributed by atoms with E-state index in [0.29, 0.717) is 5.69 Å². The van der Waals surface area contributed by atoms with Crippen LogP contribution in [0.3, 0.4) is 0 Å². The Morgan fingerprint density at radius 2 is 2.25 bits per heavy atom. The van der Waals surface area contributed by atoms with Crippen molar-refractivity contribution in [2.24, 2.45) is 5.14 Å². The van der Waals surface area contributed by atoms with Crippen LogP contribution in [0.25, 0.3) is 4.96 Å². The lowest BCUT2D eigenvalue weighted by Crippen LogP contribution is -2.24. The lowest BCUT2D eigenvalue weighted by atomic mass is 10.2. The van der Waals surface area contributed by atoms with Crippen molar-refractivity contribution in [3.05, 3.63) is 47.2 Å². The fourth-order valence-electron chi connectivity index (χ4n) is 2.17. The molecule has 3 aromatic rings. The monoisotopic (exact) mass is 366 g/mol. The van der Waals surface area contributed by atoms with Crippen LogP contribution in [0.15, 0.2) is 40.9 Å². The molecule has 8 nitrogen and oxygen atoms in total. The van der Waals surface area contributed by atoms with Gasteiger partial charge in [0.1, 0.15) is 5.75 Å². The third-order valence-corrected chi connectivity index (χ3v) is 5.00. The highest BCUT2D eigenvalue weighted by atomic mass is 32.2. The van der Waals surface area contributed by atoms with E-state index in [1.54, 1.807) is 0 Å². The summed E-state index contributed by atoms with van der Waals surface area (Å²) in [5.41, 5.74) is 0.779. The molecule has 0 aliphatic carbocycles. The Hall–Kier alpha value is -2.43. The second kappa shape index (κ2) is 6.23. The van der Waals surface area contributed by atoms with E-state index in [4.69, 9.17) is 9.88 Å². The van der Waals surface area contributed by atoms with Crippen molar-refractivity contribution in [2.75, 3.05) is 7.11 Å². The number of methoxy groups -OCH3 is 1. The van der Waals surface area contributed by atoms with E-state index in [0.717, 1.165) is 4.96 Å². The van der Waals surface area contributed by atoms with Gasteiger partial charge in [-0.15, -0.1) is 11.3 Å². The fourth-order valence-corrected chi connectivity index (χ4v) is 3.43. The Bertz CT molecular complexity index is 978. The van der Waals surface area contributed by atoms with Gasteiger partial charge in [-0.25, -0.2) is 18.5 Å². The predicted molar refractivity (Wildman–Crippen MR) is 88.6 cm³/mol. The van der Waals surface area contributed by atoms with Gasteiger partial charge < -0.3 is 10.1 Å². The second-order valence-corrected chi connectivity index (χ2v) is 7.35. The summed E-state index contributed by atoms with van der Waals surface area (Å²) in [7, 11) is -2.52. The van der Waals surface area contributed by atoms with Crippen LogP contribution in [-0.4, -0.2) is 30.8 Å². The van der Waals surface area contributed by atoms with E-state index < -0.39 is 15.9 Å². The average Bonchev–Trinajstić information content (AvgIpc) is 3.12. The highest BCUT2D eigenvalue weighted by molar-refractivity contribution is 7.89. The Balaban J connectivity index is 1.81. The third-order valence-electron chi connectivity index (χ3n) is 3.32. The number of benzene rings is 1. The number of carbonyl (C=O) groups excluding carboxylic acids is 1. The van der Waals surface area contributed by atoms with Crippen molar-refractivity contribution >= 4 is 32.2 Å². The second-order valence-electron chi connectivity index (χ2n) is 4.91.